The van der Waals surface area contributed by atoms with Crippen molar-refractivity contribution in [3.8, 4) is 0 Å². The van der Waals surface area contributed by atoms with E-state index >= 15 is 0 Å². The van der Waals surface area contributed by atoms with E-state index < -0.39 is 0 Å². The first-order valence-corrected chi connectivity index (χ1v) is 10.3. The van der Waals surface area contributed by atoms with Gasteiger partial charge in [-0.2, -0.15) is 0 Å². The van der Waals surface area contributed by atoms with Crippen LogP contribution in [0.5, 0.6) is 0 Å². The standard InChI is InChI=1S/C26H26N2O2/c1-18-14-15-23-24(16-18)27(20(3)29)19(2)17-25(23)28(22-12-8-5-9-13-22)26(30)21-10-6-4-7-11-21/h4-16,19,25H,17H2,1-3H3. The molecule has 1 heterocycles. The summed E-state index contributed by atoms with van der Waals surface area (Å²) in [4.78, 5) is 29.9. The number of hydrogen-bond acceptors (Lipinski definition) is 2. The number of amides is 2. The van der Waals surface area contributed by atoms with Gasteiger partial charge in [-0.3, -0.25) is 9.59 Å². The average molecular weight is 399 g/mol. The molecule has 0 aromatic heterocycles. The lowest BCUT2D eigenvalue weighted by Gasteiger charge is -2.43. The molecule has 0 spiro atoms. The molecule has 3 aromatic carbocycles. The average Bonchev–Trinajstić information content (AvgIpc) is 2.74. The number of anilines is 2. The molecule has 0 N–H and O–H groups in total. The van der Waals surface area contributed by atoms with Crippen LogP contribution in [0.25, 0.3) is 0 Å². The molecule has 0 bridgehead atoms. The van der Waals surface area contributed by atoms with Gasteiger partial charge in [-0.1, -0.05) is 48.5 Å². The Kier molecular flexibility index (Phi) is 5.40. The van der Waals surface area contributed by atoms with Gasteiger partial charge in [0.25, 0.3) is 5.91 Å². The number of benzene rings is 3. The molecule has 3 aromatic rings. The minimum Gasteiger partial charge on any atom is -0.309 e. The van der Waals surface area contributed by atoms with E-state index in [1.807, 2.05) is 77.4 Å². The maximum Gasteiger partial charge on any atom is 0.258 e. The monoisotopic (exact) mass is 398 g/mol. The normalized spacial score (nSPS) is 17.9. The summed E-state index contributed by atoms with van der Waals surface area (Å²) in [5.74, 6) is -0.0183. The van der Waals surface area contributed by atoms with Crippen LogP contribution < -0.4 is 9.80 Å². The Balaban J connectivity index is 1.88. The Bertz CT molecular complexity index is 1060. The molecule has 2 amide bonds. The summed E-state index contributed by atoms with van der Waals surface area (Å²) < 4.78 is 0. The lowest BCUT2D eigenvalue weighted by atomic mass is 9.88. The Hall–Kier alpha value is -3.40. The number of nitrogens with zero attached hydrogens (tertiary/aromatic N) is 2. The molecular weight excluding hydrogens is 372 g/mol. The minimum atomic E-state index is -0.165. The number of aryl methyl sites for hydroxylation is 1. The van der Waals surface area contributed by atoms with Crippen LogP contribution in [0.3, 0.4) is 0 Å². The van der Waals surface area contributed by atoms with Crippen LogP contribution in [0.15, 0.2) is 78.9 Å². The summed E-state index contributed by atoms with van der Waals surface area (Å²) >= 11 is 0. The first-order chi connectivity index (χ1) is 14.5. The van der Waals surface area contributed by atoms with Crippen molar-refractivity contribution in [2.24, 2.45) is 0 Å². The van der Waals surface area contributed by atoms with Gasteiger partial charge < -0.3 is 9.80 Å². The largest absolute Gasteiger partial charge is 0.309 e. The van der Waals surface area contributed by atoms with Gasteiger partial charge in [-0.25, -0.2) is 0 Å². The molecule has 1 aliphatic rings. The van der Waals surface area contributed by atoms with Crippen molar-refractivity contribution in [3.05, 3.63) is 95.6 Å². The maximum atomic E-state index is 13.7. The Morgan fingerprint density at radius 1 is 0.933 bits per heavy atom. The van der Waals surface area contributed by atoms with Crippen LogP contribution in [-0.2, 0) is 4.79 Å². The molecule has 1 aliphatic heterocycles. The van der Waals surface area contributed by atoms with E-state index in [4.69, 9.17) is 0 Å². The zero-order valence-corrected chi connectivity index (χ0v) is 17.6. The van der Waals surface area contributed by atoms with Crippen LogP contribution >= 0.6 is 0 Å². The van der Waals surface area contributed by atoms with Gasteiger partial charge in [0.2, 0.25) is 5.91 Å². The number of hydrogen-bond donors (Lipinski definition) is 0. The quantitative estimate of drug-likeness (QED) is 0.582. The van der Waals surface area contributed by atoms with Crippen LogP contribution in [0, 0.1) is 6.92 Å². The van der Waals surface area contributed by atoms with Crippen molar-refractivity contribution in [1.29, 1.82) is 0 Å². The second kappa shape index (κ2) is 8.15. The highest BCUT2D eigenvalue weighted by atomic mass is 16.2. The fraction of sp³-hybridized carbons (Fsp3) is 0.231. The van der Waals surface area contributed by atoms with Crippen molar-refractivity contribution in [1.82, 2.24) is 0 Å². The van der Waals surface area contributed by atoms with E-state index in [0.29, 0.717) is 12.0 Å². The Morgan fingerprint density at radius 3 is 2.20 bits per heavy atom. The summed E-state index contributed by atoms with van der Waals surface area (Å²) in [6.45, 7) is 5.68. The molecule has 4 rings (SSSR count). The van der Waals surface area contributed by atoms with Crippen LogP contribution in [0.4, 0.5) is 11.4 Å². The van der Waals surface area contributed by atoms with E-state index in [0.717, 1.165) is 22.5 Å². The van der Waals surface area contributed by atoms with Gasteiger partial charge in [-0.15, -0.1) is 0 Å². The summed E-state index contributed by atoms with van der Waals surface area (Å²) in [6, 6.07) is 25.1. The van der Waals surface area contributed by atoms with Gasteiger partial charge in [0, 0.05) is 29.9 Å². The predicted octanol–water partition coefficient (Wildman–Crippen LogP) is 5.53. The summed E-state index contributed by atoms with van der Waals surface area (Å²) in [6.07, 6.45) is 0.670. The zero-order valence-electron chi connectivity index (χ0n) is 17.6. The predicted molar refractivity (Wildman–Crippen MR) is 121 cm³/mol. The molecule has 4 heteroatoms. The van der Waals surface area contributed by atoms with Crippen molar-refractivity contribution in [2.75, 3.05) is 9.80 Å². The molecular formula is C26H26N2O2. The second-order valence-electron chi connectivity index (χ2n) is 7.93. The highest BCUT2D eigenvalue weighted by molar-refractivity contribution is 6.07. The molecule has 0 saturated heterocycles. The third-order valence-corrected chi connectivity index (χ3v) is 5.73. The third kappa shape index (κ3) is 3.61. The lowest BCUT2D eigenvalue weighted by Crippen LogP contribution is -2.47. The van der Waals surface area contributed by atoms with Crippen molar-refractivity contribution in [2.45, 2.75) is 39.3 Å². The summed E-state index contributed by atoms with van der Waals surface area (Å²) in [5.41, 5.74) is 4.49. The van der Waals surface area contributed by atoms with E-state index in [1.165, 1.54) is 0 Å². The minimum absolute atomic E-state index is 0.0171. The second-order valence-corrected chi connectivity index (χ2v) is 7.93. The third-order valence-electron chi connectivity index (χ3n) is 5.73. The number of para-hydroxylation sites is 1. The molecule has 2 atom stereocenters. The topological polar surface area (TPSA) is 40.6 Å². The maximum absolute atomic E-state index is 13.7. The molecule has 4 nitrogen and oxygen atoms in total. The zero-order chi connectivity index (χ0) is 21.3. The highest BCUT2D eigenvalue weighted by Crippen LogP contribution is 2.43. The van der Waals surface area contributed by atoms with Gasteiger partial charge in [-0.05, 0) is 61.7 Å². The Morgan fingerprint density at radius 2 is 1.57 bits per heavy atom. The molecule has 30 heavy (non-hydrogen) atoms. The molecule has 0 aliphatic carbocycles. The van der Waals surface area contributed by atoms with Gasteiger partial charge in [0.05, 0.1) is 6.04 Å². The fourth-order valence-electron chi connectivity index (χ4n) is 4.41. The number of carbonyl (C=O) groups excluding carboxylic acids is 2. The van der Waals surface area contributed by atoms with Gasteiger partial charge in [0.15, 0.2) is 0 Å². The molecule has 152 valence electrons. The van der Waals surface area contributed by atoms with Crippen molar-refractivity contribution in [3.63, 3.8) is 0 Å². The van der Waals surface area contributed by atoms with Gasteiger partial charge >= 0.3 is 0 Å². The Labute approximate surface area is 177 Å². The van der Waals surface area contributed by atoms with E-state index in [1.54, 1.807) is 6.92 Å². The van der Waals surface area contributed by atoms with Crippen LogP contribution in [-0.4, -0.2) is 17.9 Å². The van der Waals surface area contributed by atoms with Crippen LogP contribution in [0.1, 0.15) is 47.8 Å². The van der Waals surface area contributed by atoms with Crippen molar-refractivity contribution < 1.29 is 9.59 Å². The smallest absolute Gasteiger partial charge is 0.258 e. The SMILES string of the molecule is CC(=O)N1c2cc(C)ccc2C(N(C(=O)c2ccccc2)c2ccccc2)CC1C. The summed E-state index contributed by atoms with van der Waals surface area (Å²) in [5, 5.41) is 0. The van der Waals surface area contributed by atoms with E-state index in [2.05, 4.69) is 25.1 Å². The molecule has 0 fully saturated rings. The van der Waals surface area contributed by atoms with Crippen LogP contribution in [0.2, 0.25) is 0 Å². The summed E-state index contributed by atoms with van der Waals surface area (Å²) in [7, 11) is 0. The van der Waals surface area contributed by atoms with E-state index in [9.17, 15) is 9.59 Å². The van der Waals surface area contributed by atoms with Gasteiger partial charge in [0.1, 0.15) is 0 Å². The number of rotatable bonds is 3. The molecule has 2 unspecified atom stereocenters. The molecule has 0 radical (unpaired) electrons. The number of fused-ring (bicyclic) bond motifs is 1. The van der Waals surface area contributed by atoms with Crippen molar-refractivity contribution >= 4 is 23.2 Å². The highest BCUT2D eigenvalue weighted by Gasteiger charge is 2.38. The van der Waals surface area contributed by atoms with E-state index in [-0.39, 0.29) is 23.9 Å². The first kappa shape index (κ1) is 19.9. The fourth-order valence-corrected chi connectivity index (χ4v) is 4.41. The first-order valence-electron chi connectivity index (χ1n) is 10.3. The number of carbonyl (C=O) groups is 2. The lowest BCUT2D eigenvalue weighted by molar-refractivity contribution is -0.117. The molecule has 0 saturated carbocycles.